The number of alkyl halides is 2. The predicted molar refractivity (Wildman–Crippen MR) is 59.9 cm³/mol. The van der Waals surface area contributed by atoms with E-state index in [9.17, 15) is 13.6 Å². The molecule has 0 aliphatic carbocycles. The topological polar surface area (TPSA) is 52.6 Å². The summed E-state index contributed by atoms with van der Waals surface area (Å²) in [5.74, 6) is -0.293. The average molecular weight is 250 g/mol. The lowest BCUT2D eigenvalue weighted by molar-refractivity contribution is -0.144. The number of piperidine rings is 1. The van der Waals surface area contributed by atoms with E-state index >= 15 is 0 Å². The van der Waals surface area contributed by atoms with Crippen LogP contribution in [0.15, 0.2) is 0 Å². The second-order valence-electron chi connectivity index (χ2n) is 4.71. The van der Waals surface area contributed by atoms with E-state index in [0.717, 1.165) is 17.9 Å². The second-order valence-corrected chi connectivity index (χ2v) is 4.71. The van der Waals surface area contributed by atoms with Crippen molar-refractivity contribution in [1.29, 1.82) is 0 Å². The second kappa shape index (κ2) is 6.26. The van der Waals surface area contributed by atoms with Gasteiger partial charge in [0.05, 0.1) is 18.6 Å². The Morgan fingerprint density at radius 2 is 2.29 bits per heavy atom. The molecule has 0 aromatic rings. The maximum Gasteiger partial charge on any atom is 0.255 e. The molecule has 2 N–H and O–H groups in total. The summed E-state index contributed by atoms with van der Waals surface area (Å²) in [6.07, 6.45) is -1.00. The number of aliphatic hydroxyl groups is 1. The molecule has 1 aliphatic heterocycles. The van der Waals surface area contributed by atoms with Crippen molar-refractivity contribution in [2.75, 3.05) is 32.8 Å². The number of amides is 1. The molecule has 6 heteroatoms. The maximum absolute atomic E-state index is 12.4. The Labute approximate surface area is 100.0 Å². The van der Waals surface area contributed by atoms with E-state index in [2.05, 4.69) is 5.32 Å². The van der Waals surface area contributed by atoms with Gasteiger partial charge >= 0.3 is 0 Å². The third-order valence-corrected chi connectivity index (χ3v) is 3.13. The van der Waals surface area contributed by atoms with Crippen LogP contribution in [0.5, 0.6) is 0 Å². The Morgan fingerprint density at radius 3 is 2.76 bits per heavy atom. The summed E-state index contributed by atoms with van der Waals surface area (Å²) in [5, 5.41) is 11.9. The van der Waals surface area contributed by atoms with E-state index in [-0.39, 0.29) is 19.1 Å². The lowest BCUT2D eigenvalue weighted by Gasteiger charge is -2.37. The summed E-state index contributed by atoms with van der Waals surface area (Å²) in [5.41, 5.74) is -0.623. The molecule has 0 aromatic carbocycles. The SMILES string of the molecule is CC1(C(=O)N(CCO)CC(F)F)CCCNC1. The molecule has 17 heavy (non-hydrogen) atoms. The number of hydrogen-bond donors (Lipinski definition) is 2. The predicted octanol–water partition coefficient (Wildman–Crippen LogP) is 0.462. The Bertz CT molecular complexity index is 256. The number of nitrogens with zero attached hydrogens (tertiary/aromatic N) is 1. The van der Waals surface area contributed by atoms with Crippen LogP contribution in [-0.4, -0.2) is 55.1 Å². The molecular formula is C11H20F2N2O2. The lowest BCUT2D eigenvalue weighted by atomic mass is 9.81. The van der Waals surface area contributed by atoms with Gasteiger partial charge in [-0.05, 0) is 26.3 Å². The van der Waals surface area contributed by atoms with Crippen molar-refractivity contribution < 1.29 is 18.7 Å². The first-order valence-corrected chi connectivity index (χ1v) is 5.89. The average Bonchev–Trinajstić information content (AvgIpc) is 2.28. The third kappa shape index (κ3) is 3.89. The highest BCUT2D eigenvalue weighted by Gasteiger charge is 2.38. The number of rotatable bonds is 5. The molecule has 4 nitrogen and oxygen atoms in total. The van der Waals surface area contributed by atoms with Gasteiger partial charge in [-0.2, -0.15) is 0 Å². The summed E-state index contributed by atoms with van der Waals surface area (Å²) >= 11 is 0. The van der Waals surface area contributed by atoms with Gasteiger partial charge in [0.25, 0.3) is 6.43 Å². The van der Waals surface area contributed by atoms with Crippen LogP contribution in [0.25, 0.3) is 0 Å². The molecule has 100 valence electrons. The first-order chi connectivity index (χ1) is 7.99. The smallest absolute Gasteiger partial charge is 0.255 e. The fraction of sp³-hybridized carbons (Fsp3) is 0.909. The van der Waals surface area contributed by atoms with E-state index in [1.165, 1.54) is 0 Å². The third-order valence-electron chi connectivity index (χ3n) is 3.13. The highest BCUT2D eigenvalue weighted by Crippen LogP contribution is 2.28. The minimum atomic E-state index is -2.56. The van der Waals surface area contributed by atoms with Crippen molar-refractivity contribution in [3.63, 3.8) is 0 Å². The molecule has 0 saturated carbocycles. The highest BCUT2D eigenvalue weighted by molar-refractivity contribution is 5.82. The summed E-state index contributed by atoms with van der Waals surface area (Å²) < 4.78 is 24.7. The zero-order valence-corrected chi connectivity index (χ0v) is 10.1. The molecule has 0 bridgehead atoms. The van der Waals surface area contributed by atoms with Gasteiger partial charge in [0, 0.05) is 13.1 Å². The van der Waals surface area contributed by atoms with Crippen LogP contribution in [0, 0.1) is 5.41 Å². The first-order valence-electron chi connectivity index (χ1n) is 5.89. The fourth-order valence-electron chi connectivity index (χ4n) is 2.18. The van der Waals surface area contributed by atoms with Crippen LogP contribution in [0.2, 0.25) is 0 Å². The molecule has 1 aliphatic rings. The Kier molecular flexibility index (Phi) is 5.27. The first kappa shape index (κ1) is 14.3. The molecule has 0 spiro atoms. The van der Waals surface area contributed by atoms with Crippen LogP contribution < -0.4 is 5.32 Å². The van der Waals surface area contributed by atoms with Gasteiger partial charge in [-0.1, -0.05) is 0 Å². The lowest BCUT2D eigenvalue weighted by Crippen LogP contribution is -2.51. The van der Waals surface area contributed by atoms with Crippen molar-refractivity contribution >= 4 is 5.91 Å². The highest BCUT2D eigenvalue weighted by atomic mass is 19.3. The monoisotopic (exact) mass is 250 g/mol. The molecule has 1 fully saturated rings. The molecule has 1 atom stereocenters. The summed E-state index contributed by atoms with van der Waals surface area (Å²) in [7, 11) is 0. The molecule has 1 rings (SSSR count). The zero-order valence-electron chi connectivity index (χ0n) is 10.1. The molecule has 1 amide bonds. The Balaban J connectivity index is 2.68. The van der Waals surface area contributed by atoms with Gasteiger partial charge in [0.2, 0.25) is 5.91 Å². The van der Waals surface area contributed by atoms with Crippen LogP contribution in [0.1, 0.15) is 19.8 Å². The number of aliphatic hydroxyl groups excluding tert-OH is 1. The van der Waals surface area contributed by atoms with Gasteiger partial charge in [0.1, 0.15) is 0 Å². The van der Waals surface area contributed by atoms with Gasteiger partial charge in [-0.15, -0.1) is 0 Å². The number of halogens is 2. The molecule has 0 radical (unpaired) electrons. The Morgan fingerprint density at radius 1 is 1.59 bits per heavy atom. The number of hydrogen-bond acceptors (Lipinski definition) is 3. The summed E-state index contributed by atoms with van der Waals surface area (Å²) in [6.45, 7) is 2.24. The zero-order chi connectivity index (χ0) is 12.9. The standard InChI is InChI=1S/C11H20F2N2O2/c1-11(3-2-4-14-8-11)10(17)15(5-6-16)7-9(12)13/h9,14,16H,2-8H2,1H3. The van der Waals surface area contributed by atoms with Crippen molar-refractivity contribution in [3.05, 3.63) is 0 Å². The summed E-state index contributed by atoms with van der Waals surface area (Å²) in [6, 6.07) is 0. The molecule has 1 saturated heterocycles. The van der Waals surface area contributed by atoms with Crippen LogP contribution in [0.4, 0.5) is 8.78 Å². The molecule has 0 aromatic heterocycles. The largest absolute Gasteiger partial charge is 0.395 e. The van der Waals surface area contributed by atoms with Crippen LogP contribution >= 0.6 is 0 Å². The van der Waals surface area contributed by atoms with E-state index < -0.39 is 18.4 Å². The van der Waals surface area contributed by atoms with E-state index in [4.69, 9.17) is 5.11 Å². The molecule has 1 heterocycles. The van der Waals surface area contributed by atoms with Gasteiger partial charge in [-0.3, -0.25) is 4.79 Å². The van der Waals surface area contributed by atoms with E-state index in [0.29, 0.717) is 13.0 Å². The number of nitrogens with one attached hydrogen (secondary N) is 1. The number of carbonyl (C=O) groups is 1. The van der Waals surface area contributed by atoms with Gasteiger partial charge in [0.15, 0.2) is 0 Å². The van der Waals surface area contributed by atoms with Crippen LogP contribution in [-0.2, 0) is 4.79 Å². The number of carbonyl (C=O) groups excluding carboxylic acids is 1. The minimum absolute atomic E-state index is 0.0290. The van der Waals surface area contributed by atoms with Crippen molar-refractivity contribution in [2.24, 2.45) is 5.41 Å². The van der Waals surface area contributed by atoms with Crippen molar-refractivity contribution in [1.82, 2.24) is 10.2 Å². The van der Waals surface area contributed by atoms with E-state index in [1.54, 1.807) is 6.92 Å². The van der Waals surface area contributed by atoms with E-state index in [1.807, 2.05) is 0 Å². The van der Waals surface area contributed by atoms with Crippen molar-refractivity contribution in [3.8, 4) is 0 Å². The maximum atomic E-state index is 12.4. The molecular weight excluding hydrogens is 230 g/mol. The van der Waals surface area contributed by atoms with Crippen molar-refractivity contribution in [2.45, 2.75) is 26.2 Å². The normalized spacial score (nSPS) is 25.0. The minimum Gasteiger partial charge on any atom is -0.395 e. The van der Waals surface area contributed by atoms with Gasteiger partial charge in [-0.25, -0.2) is 8.78 Å². The Hall–Kier alpha value is -0.750. The van der Waals surface area contributed by atoms with Crippen LogP contribution in [0.3, 0.4) is 0 Å². The quantitative estimate of drug-likeness (QED) is 0.745. The fourth-order valence-corrected chi connectivity index (χ4v) is 2.18. The molecule has 1 unspecified atom stereocenters. The van der Waals surface area contributed by atoms with Gasteiger partial charge < -0.3 is 15.3 Å². The summed E-state index contributed by atoms with van der Waals surface area (Å²) in [4.78, 5) is 13.3.